The molecular formula is C15H16N4. The van der Waals surface area contributed by atoms with Gasteiger partial charge in [0.15, 0.2) is 0 Å². The molecule has 0 bridgehead atoms. The van der Waals surface area contributed by atoms with Crippen LogP contribution in [0.25, 0.3) is 22.1 Å². The quantitative estimate of drug-likeness (QED) is 0.543. The minimum absolute atomic E-state index is 0.757. The summed E-state index contributed by atoms with van der Waals surface area (Å²) < 4.78 is 0. The normalized spacial score (nSPS) is 11.3. The first-order valence-electron chi connectivity index (χ1n) is 6.28. The molecule has 0 atom stereocenters. The number of nitrogen functional groups attached to an aromatic ring is 1. The third-order valence-electron chi connectivity index (χ3n) is 3.27. The molecule has 19 heavy (non-hydrogen) atoms. The predicted octanol–water partition coefficient (Wildman–Crippen LogP) is 2.39. The van der Waals surface area contributed by atoms with E-state index < -0.39 is 0 Å². The zero-order valence-corrected chi connectivity index (χ0v) is 11.1. The molecule has 4 heteroatoms. The lowest BCUT2D eigenvalue weighted by atomic mass is 10.1. The van der Waals surface area contributed by atoms with Crippen molar-refractivity contribution in [3.8, 4) is 0 Å². The van der Waals surface area contributed by atoms with Crippen LogP contribution in [0.3, 0.4) is 0 Å². The van der Waals surface area contributed by atoms with Gasteiger partial charge in [-0.25, -0.2) is 9.97 Å². The second-order valence-corrected chi connectivity index (χ2v) is 4.77. The maximum absolute atomic E-state index is 5.93. The van der Waals surface area contributed by atoms with Crippen LogP contribution in [0, 0.1) is 6.92 Å². The molecule has 2 aromatic carbocycles. The molecule has 3 N–H and O–H groups in total. The number of anilines is 1. The van der Waals surface area contributed by atoms with Gasteiger partial charge in [0.05, 0.1) is 22.1 Å². The van der Waals surface area contributed by atoms with Gasteiger partial charge in [-0.3, -0.25) is 0 Å². The minimum Gasteiger partial charge on any atom is -0.398 e. The predicted molar refractivity (Wildman–Crippen MR) is 79.0 cm³/mol. The van der Waals surface area contributed by atoms with Gasteiger partial charge in [-0.1, -0.05) is 6.07 Å². The molecule has 0 spiro atoms. The van der Waals surface area contributed by atoms with Gasteiger partial charge < -0.3 is 11.1 Å². The Morgan fingerprint density at radius 1 is 1.00 bits per heavy atom. The summed E-state index contributed by atoms with van der Waals surface area (Å²) in [4.78, 5) is 9.29. The van der Waals surface area contributed by atoms with Crippen LogP contribution in [0.5, 0.6) is 0 Å². The van der Waals surface area contributed by atoms with Gasteiger partial charge in [-0.2, -0.15) is 0 Å². The number of rotatable bonds is 2. The van der Waals surface area contributed by atoms with Crippen molar-refractivity contribution in [3.05, 3.63) is 41.5 Å². The highest BCUT2D eigenvalue weighted by Crippen LogP contribution is 2.22. The van der Waals surface area contributed by atoms with E-state index in [1.807, 2.05) is 32.2 Å². The van der Waals surface area contributed by atoms with Crippen molar-refractivity contribution in [1.29, 1.82) is 0 Å². The largest absolute Gasteiger partial charge is 0.398 e. The fraction of sp³-hybridized carbons (Fsp3) is 0.200. The molecular weight excluding hydrogens is 236 g/mol. The van der Waals surface area contributed by atoms with E-state index in [2.05, 4.69) is 27.4 Å². The Morgan fingerprint density at radius 3 is 2.47 bits per heavy atom. The summed E-state index contributed by atoms with van der Waals surface area (Å²) in [6.45, 7) is 2.81. The van der Waals surface area contributed by atoms with Crippen LogP contribution in [0.2, 0.25) is 0 Å². The van der Waals surface area contributed by atoms with E-state index in [4.69, 9.17) is 5.73 Å². The van der Waals surface area contributed by atoms with Crippen LogP contribution in [-0.4, -0.2) is 17.0 Å². The fourth-order valence-corrected chi connectivity index (χ4v) is 2.20. The average Bonchev–Trinajstić information content (AvgIpc) is 2.38. The number of hydrogen-bond donors (Lipinski definition) is 2. The second kappa shape index (κ2) is 4.48. The zero-order valence-electron chi connectivity index (χ0n) is 11.1. The summed E-state index contributed by atoms with van der Waals surface area (Å²) in [7, 11) is 1.93. The third-order valence-corrected chi connectivity index (χ3v) is 3.27. The monoisotopic (exact) mass is 252 g/mol. The Kier molecular flexibility index (Phi) is 2.80. The van der Waals surface area contributed by atoms with Crippen molar-refractivity contribution in [2.75, 3.05) is 12.8 Å². The molecule has 96 valence electrons. The highest BCUT2D eigenvalue weighted by Gasteiger charge is 2.05. The molecule has 0 aliphatic carbocycles. The van der Waals surface area contributed by atoms with Crippen LogP contribution < -0.4 is 11.1 Å². The number of aromatic nitrogens is 2. The number of aryl methyl sites for hydroxylation is 1. The Bertz CT molecular complexity index is 765. The number of fused-ring (bicyclic) bond motifs is 2. The molecule has 0 amide bonds. The van der Waals surface area contributed by atoms with Gasteiger partial charge in [0.2, 0.25) is 0 Å². The minimum atomic E-state index is 0.757. The lowest BCUT2D eigenvalue weighted by Gasteiger charge is -2.06. The number of nitrogens with two attached hydrogens (primary N) is 1. The Balaban J connectivity index is 2.26. The van der Waals surface area contributed by atoms with Gasteiger partial charge in [-0.05, 0) is 49.4 Å². The summed E-state index contributed by atoms with van der Waals surface area (Å²) in [5, 5.41) is 3.13. The first-order chi connectivity index (χ1) is 9.17. The third kappa shape index (κ3) is 2.11. The summed E-state index contributed by atoms with van der Waals surface area (Å²) in [5.74, 6) is 0. The molecule has 0 saturated heterocycles. The van der Waals surface area contributed by atoms with Crippen LogP contribution in [0.15, 0.2) is 30.3 Å². The van der Waals surface area contributed by atoms with Crippen molar-refractivity contribution in [1.82, 2.24) is 15.3 Å². The molecule has 3 aromatic rings. The van der Waals surface area contributed by atoms with Gasteiger partial charge in [-0.15, -0.1) is 0 Å². The zero-order chi connectivity index (χ0) is 13.4. The summed E-state index contributed by atoms with van der Waals surface area (Å²) >= 11 is 0. The topological polar surface area (TPSA) is 63.8 Å². The molecule has 4 nitrogen and oxygen atoms in total. The van der Waals surface area contributed by atoms with Gasteiger partial charge in [0.25, 0.3) is 0 Å². The molecule has 3 rings (SSSR count). The van der Waals surface area contributed by atoms with Crippen LogP contribution >= 0.6 is 0 Å². The maximum atomic E-state index is 5.93. The maximum Gasteiger partial charge on any atom is 0.0915 e. The molecule has 0 aliphatic heterocycles. The van der Waals surface area contributed by atoms with Crippen molar-refractivity contribution in [2.24, 2.45) is 0 Å². The van der Waals surface area contributed by atoms with Crippen LogP contribution in [0.4, 0.5) is 5.69 Å². The molecule has 0 unspecified atom stereocenters. The first-order valence-corrected chi connectivity index (χ1v) is 6.28. The molecule has 0 saturated carbocycles. The van der Waals surface area contributed by atoms with Crippen molar-refractivity contribution < 1.29 is 0 Å². The van der Waals surface area contributed by atoms with Crippen molar-refractivity contribution in [3.63, 3.8) is 0 Å². The Labute approximate surface area is 111 Å². The smallest absolute Gasteiger partial charge is 0.0915 e. The number of benzene rings is 2. The number of nitrogens with one attached hydrogen (secondary N) is 1. The van der Waals surface area contributed by atoms with Gasteiger partial charge >= 0.3 is 0 Å². The van der Waals surface area contributed by atoms with E-state index in [-0.39, 0.29) is 0 Å². The van der Waals surface area contributed by atoms with Crippen LogP contribution in [-0.2, 0) is 6.54 Å². The highest BCUT2D eigenvalue weighted by molar-refractivity contribution is 5.88. The van der Waals surface area contributed by atoms with Crippen molar-refractivity contribution in [2.45, 2.75) is 13.5 Å². The number of nitrogens with zero attached hydrogens (tertiary/aromatic N) is 2. The van der Waals surface area contributed by atoms with E-state index >= 15 is 0 Å². The average molecular weight is 252 g/mol. The van der Waals surface area contributed by atoms with Crippen LogP contribution in [0.1, 0.15) is 11.1 Å². The van der Waals surface area contributed by atoms with Crippen molar-refractivity contribution >= 4 is 27.8 Å². The Morgan fingerprint density at radius 2 is 1.68 bits per heavy atom. The molecule has 1 heterocycles. The van der Waals surface area contributed by atoms with E-state index in [1.54, 1.807) is 0 Å². The first kappa shape index (κ1) is 11.9. The summed E-state index contributed by atoms with van der Waals surface area (Å²) in [5.41, 5.74) is 12.5. The van der Waals surface area contributed by atoms with E-state index in [0.29, 0.717) is 0 Å². The lowest BCUT2D eigenvalue weighted by molar-refractivity contribution is 0.819. The standard InChI is InChI=1S/C15H16N4/c1-9-5-13-15(7-11(9)16)19-14-6-10(8-17-2)3-4-12(14)18-13/h3-7,17H,8,16H2,1-2H3. The summed E-state index contributed by atoms with van der Waals surface area (Å²) in [6.07, 6.45) is 0. The lowest BCUT2D eigenvalue weighted by Crippen LogP contribution is -2.04. The van der Waals surface area contributed by atoms with Gasteiger partial charge in [0.1, 0.15) is 0 Å². The molecule has 0 fully saturated rings. The SMILES string of the molecule is CNCc1ccc2nc3cc(C)c(N)cc3nc2c1. The Hall–Kier alpha value is -2.20. The summed E-state index contributed by atoms with van der Waals surface area (Å²) in [6, 6.07) is 10.0. The van der Waals surface area contributed by atoms with E-state index in [0.717, 1.165) is 39.9 Å². The highest BCUT2D eigenvalue weighted by atomic mass is 14.8. The number of hydrogen-bond acceptors (Lipinski definition) is 4. The van der Waals surface area contributed by atoms with E-state index in [9.17, 15) is 0 Å². The van der Waals surface area contributed by atoms with E-state index in [1.165, 1.54) is 5.56 Å². The van der Waals surface area contributed by atoms with Gasteiger partial charge in [0, 0.05) is 12.2 Å². The molecule has 1 aromatic heterocycles. The fourth-order valence-electron chi connectivity index (χ4n) is 2.20. The molecule has 0 aliphatic rings. The molecule has 0 radical (unpaired) electrons. The second-order valence-electron chi connectivity index (χ2n) is 4.77.